The Morgan fingerprint density at radius 1 is 0.258 bits per heavy atom. The molecule has 0 fully saturated rings. The topological polar surface area (TPSA) is 3.24 Å². The molecule has 1 nitrogen and oxygen atoms in total. The molecule has 0 bridgehead atoms. The van der Waals surface area contributed by atoms with Crippen LogP contribution in [-0.2, 0) is 5.41 Å². The zero-order chi connectivity index (χ0) is 43.9. The van der Waals surface area contributed by atoms with Crippen molar-refractivity contribution < 1.29 is 0 Å². The molecule has 1 aliphatic rings. The Balaban J connectivity index is 1.09. The highest BCUT2D eigenvalue weighted by atomic mass is 15.1. The van der Waals surface area contributed by atoms with Gasteiger partial charge in [0.1, 0.15) is 0 Å². The van der Waals surface area contributed by atoms with Crippen LogP contribution in [0.1, 0.15) is 22.3 Å². The molecular formula is C65H45N. The Kier molecular flexibility index (Phi) is 9.81. The van der Waals surface area contributed by atoms with Gasteiger partial charge in [0.2, 0.25) is 0 Å². The van der Waals surface area contributed by atoms with Crippen molar-refractivity contribution in [2.75, 3.05) is 4.90 Å². The van der Waals surface area contributed by atoms with Gasteiger partial charge in [-0.15, -0.1) is 0 Å². The van der Waals surface area contributed by atoms with Crippen LogP contribution < -0.4 is 4.90 Å². The van der Waals surface area contributed by atoms with Crippen LogP contribution in [-0.4, -0.2) is 0 Å². The molecule has 310 valence electrons. The van der Waals surface area contributed by atoms with Crippen LogP contribution in [0.3, 0.4) is 0 Å². The van der Waals surface area contributed by atoms with Crippen LogP contribution in [0.2, 0.25) is 0 Å². The van der Waals surface area contributed by atoms with Crippen molar-refractivity contribution in [1.82, 2.24) is 0 Å². The summed E-state index contributed by atoms with van der Waals surface area (Å²) in [6.07, 6.45) is 0. The fraction of sp³-hybridized carbons (Fsp3) is 0.0154. The van der Waals surface area contributed by atoms with Gasteiger partial charge in [0, 0.05) is 16.9 Å². The molecule has 0 radical (unpaired) electrons. The maximum absolute atomic E-state index is 2.49. The van der Waals surface area contributed by atoms with E-state index in [2.05, 4.69) is 278 Å². The van der Waals surface area contributed by atoms with E-state index in [4.69, 9.17) is 0 Å². The highest BCUT2D eigenvalue weighted by molar-refractivity contribution is 5.98. The van der Waals surface area contributed by atoms with Crippen molar-refractivity contribution in [2.45, 2.75) is 5.41 Å². The van der Waals surface area contributed by atoms with Gasteiger partial charge in [0.05, 0.1) is 11.1 Å². The molecule has 11 aromatic carbocycles. The van der Waals surface area contributed by atoms with E-state index in [1.807, 2.05) is 0 Å². The minimum absolute atomic E-state index is 0.542. The van der Waals surface area contributed by atoms with Crippen LogP contribution in [0.5, 0.6) is 0 Å². The van der Waals surface area contributed by atoms with E-state index in [1.165, 1.54) is 77.5 Å². The first kappa shape index (κ1) is 39.1. The summed E-state index contributed by atoms with van der Waals surface area (Å²) in [5.41, 5.74) is 19.8. The fourth-order valence-corrected chi connectivity index (χ4v) is 10.7. The molecule has 0 saturated heterocycles. The summed E-state index contributed by atoms with van der Waals surface area (Å²) in [5.74, 6) is 0. The van der Waals surface area contributed by atoms with Crippen molar-refractivity contribution in [3.05, 3.63) is 295 Å². The molecule has 1 aliphatic carbocycles. The molecule has 0 unspecified atom stereocenters. The summed E-state index contributed by atoms with van der Waals surface area (Å²) in [7, 11) is 0. The largest absolute Gasteiger partial charge is 0.310 e. The summed E-state index contributed by atoms with van der Waals surface area (Å²) in [6, 6.07) is 100. The average molecular weight is 840 g/mol. The summed E-state index contributed by atoms with van der Waals surface area (Å²) in [4.78, 5) is 2.49. The number of hydrogen-bond donors (Lipinski definition) is 0. The van der Waals surface area contributed by atoms with Crippen LogP contribution in [0, 0.1) is 0 Å². The van der Waals surface area contributed by atoms with Gasteiger partial charge in [-0.3, -0.25) is 0 Å². The molecule has 0 heterocycles. The number of fused-ring (bicyclic) bond motifs is 4. The van der Waals surface area contributed by atoms with Gasteiger partial charge in [0.25, 0.3) is 0 Å². The Labute approximate surface area is 387 Å². The number of hydrogen-bond acceptors (Lipinski definition) is 1. The molecule has 0 saturated carbocycles. The molecular weight excluding hydrogens is 795 g/mol. The van der Waals surface area contributed by atoms with Crippen LogP contribution >= 0.6 is 0 Å². The van der Waals surface area contributed by atoms with E-state index in [0.717, 1.165) is 28.2 Å². The standard InChI is InChI=1S/C65H45N/c1-4-21-46(22-5-1)56-34-12-13-35-58(56)61-37-15-17-40-64(61)66(53-32-19-26-49(44-53)48-25-18-27-50(43-48)57-38-20-24-47-23-10-11-33-55(47)57)54-41-42-60-59-36-14-16-39-62(59)65(63(60)45-54,51-28-6-2-7-29-51)52-30-8-3-9-31-52/h1-45H. The molecule has 0 N–H and O–H groups in total. The Morgan fingerprint density at radius 2 is 0.758 bits per heavy atom. The van der Waals surface area contributed by atoms with E-state index in [1.54, 1.807) is 0 Å². The van der Waals surface area contributed by atoms with Gasteiger partial charge in [-0.1, -0.05) is 237 Å². The zero-order valence-electron chi connectivity index (χ0n) is 36.4. The minimum Gasteiger partial charge on any atom is -0.310 e. The lowest BCUT2D eigenvalue weighted by Gasteiger charge is -2.35. The molecule has 11 aromatic rings. The Morgan fingerprint density at radius 3 is 1.53 bits per heavy atom. The van der Waals surface area contributed by atoms with E-state index in [9.17, 15) is 0 Å². The third-order valence-corrected chi connectivity index (χ3v) is 13.5. The first-order valence-corrected chi connectivity index (χ1v) is 22.8. The quantitative estimate of drug-likeness (QED) is 0.140. The van der Waals surface area contributed by atoms with Crippen LogP contribution in [0.4, 0.5) is 17.1 Å². The summed E-state index contributed by atoms with van der Waals surface area (Å²) in [5, 5.41) is 2.50. The van der Waals surface area contributed by atoms with E-state index in [-0.39, 0.29) is 0 Å². The van der Waals surface area contributed by atoms with E-state index < -0.39 is 5.41 Å². The molecule has 0 amide bonds. The first-order valence-electron chi connectivity index (χ1n) is 22.8. The molecule has 0 atom stereocenters. The highest BCUT2D eigenvalue weighted by Crippen LogP contribution is 2.57. The molecule has 0 spiro atoms. The van der Waals surface area contributed by atoms with Gasteiger partial charge < -0.3 is 4.90 Å². The van der Waals surface area contributed by atoms with Crippen LogP contribution in [0.15, 0.2) is 273 Å². The molecule has 0 aromatic heterocycles. The zero-order valence-corrected chi connectivity index (χ0v) is 36.4. The summed E-state index contributed by atoms with van der Waals surface area (Å²) < 4.78 is 0. The number of para-hydroxylation sites is 1. The third kappa shape index (κ3) is 6.56. The Hall–Kier alpha value is -8.52. The monoisotopic (exact) mass is 839 g/mol. The Bertz CT molecular complexity index is 3490. The predicted molar refractivity (Wildman–Crippen MR) is 278 cm³/mol. The molecule has 0 aliphatic heterocycles. The first-order chi connectivity index (χ1) is 32.8. The summed E-state index contributed by atoms with van der Waals surface area (Å²) >= 11 is 0. The lowest BCUT2D eigenvalue weighted by atomic mass is 9.67. The van der Waals surface area contributed by atoms with Gasteiger partial charge in [-0.25, -0.2) is 0 Å². The number of anilines is 3. The number of rotatable bonds is 9. The highest BCUT2D eigenvalue weighted by Gasteiger charge is 2.46. The SMILES string of the molecule is c1ccc(-c2ccccc2-c2ccccc2N(c2cccc(-c3cccc(-c4cccc5ccccc45)c3)c2)c2ccc3c(c2)C(c2ccccc2)(c2ccccc2)c2ccccc2-3)cc1. The second-order valence-corrected chi connectivity index (χ2v) is 17.2. The maximum Gasteiger partial charge on any atom is 0.0714 e. The van der Waals surface area contributed by atoms with Crippen molar-refractivity contribution in [3.8, 4) is 55.6 Å². The fourth-order valence-electron chi connectivity index (χ4n) is 10.7. The van der Waals surface area contributed by atoms with Gasteiger partial charge in [0.15, 0.2) is 0 Å². The van der Waals surface area contributed by atoms with Crippen molar-refractivity contribution >= 4 is 27.8 Å². The lowest BCUT2D eigenvalue weighted by Crippen LogP contribution is -2.28. The third-order valence-electron chi connectivity index (χ3n) is 13.5. The lowest BCUT2D eigenvalue weighted by molar-refractivity contribution is 0.768. The molecule has 66 heavy (non-hydrogen) atoms. The normalized spacial score (nSPS) is 12.4. The number of nitrogens with zero attached hydrogens (tertiary/aromatic N) is 1. The van der Waals surface area contributed by atoms with Crippen molar-refractivity contribution in [3.63, 3.8) is 0 Å². The summed E-state index contributed by atoms with van der Waals surface area (Å²) in [6.45, 7) is 0. The van der Waals surface area contributed by atoms with Gasteiger partial charge in [-0.2, -0.15) is 0 Å². The van der Waals surface area contributed by atoms with Crippen molar-refractivity contribution in [2.24, 2.45) is 0 Å². The minimum atomic E-state index is -0.542. The van der Waals surface area contributed by atoms with Gasteiger partial charge >= 0.3 is 0 Å². The predicted octanol–water partition coefficient (Wildman–Crippen LogP) is 17.3. The molecule has 1 heteroatoms. The van der Waals surface area contributed by atoms with E-state index >= 15 is 0 Å². The maximum atomic E-state index is 2.49. The number of benzene rings is 11. The molecule has 12 rings (SSSR count). The van der Waals surface area contributed by atoms with Crippen LogP contribution in [0.25, 0.3) is 66.4 Å². The second-order valence-electron chi connectivity index (χ2n) is 17.2. The van der Waals surface area contributed by atoms with E-state index in [0.29, 0.717) is 0 Å². The average Bonchev–Trinajstić information content (AvgIpc) is 3.70. The van der Waals surface area contributed by atoms with Gasteiger partial charge in [-0.05, 0) is 119 Å². The smallest absolute Gasteiger partial charge is 0.0714 e. The second kappa shape index (κ2) is 16.6. The van der Waals surface area contributed by atoms with Crippen molar-refractivity contribution in [1.29, 1.82) is 0 Å².